The number of rotatable bonds is 1. The van der Waals surface area contributed by atoms with Gasteiger partial charge in [0.15, 0.2) is 0 Å². The fraction of sp³-hybridized carbons (Fsp3) is 0.364. The van der Waals surface area contributed by atoms with Gasteiger partial charge >= 0.3 is 6.03 Å². The standard InChI is InChI=1S/C11H14N3O/c15-11(14-8-6-12-7-9-14)13-10-4-2-1-3-5-10/h1-4,12H,6-9H2,(H,13,15). The second kappa shape index (κ2) is 4.79. The van der Waals surface area contributed by atoms with Crippen LogP contribution in [0.5, 0.6) is 0 Å². The largest absolute Gasteiger partial charge is 0.322 e. The van der Waals surface area contributed by atoms with Crippen LogP contribution in [0.3, 0.4) is 0 Å². The zero-order valence-corrected chi connectivity index (χ0v) is 8.49. The lowest BCUT2D eigenvalue weighted by atomic mass is 10.3. The highest BCUT2D eigenvalue weighted by Gasteiger charge is 2.15. The molecule has 2 rings (SSSR count). The highest BCUT2D eigenvalue weighted by molar-refractivity contribution is 5.89. The van der Waals surface area contributed by atoms with Gasteiger partial charge in [-0.15, -0.1) is 0 Å². The molecule has 1 radical (unpaired) electrons. The van der Waals surface area contributed by atoms with Crippen LogP contribution in [-0.2, 0) is 0 Å². The number of para-hydroxylation sites is 1. The molecular weight excluding hydrogens is 190 g/mol. The van der Waals surface area contributed by atoms with E-state index in [1.807, 2.05) is 18.2 Å². The molecule has 1 fully saturated rings. The third-order valence-corrected chi connectivity index (χ3v) is 2.35. The lowest BCUT2D eigenvalue weighted by Gasteiger charge is -2.27. The van der Waals surface area contributed by atoms with Crippen LogP contribution < -0.4 is 10.6 Å². The minimum atomic E-state index is -0.0426. The summed E-state index contributed by atoms with van der Waals surface area (Å²) < 4.78 is 0. The minimum absolute atomic E-state index is 0.0426. The average molecular weight is 204 g/mol. The number of carbonyl (C=O) groups excluding carboxylic acids is 1. The molecule has 1 saturated heterocycles. The lowest BCUT2D eigenvalue weighted by Crippen LogP contribution is -2.48. The molecule has 0 aliphatic carbocycles. The Hall–Kier alpha value is -1.55. The molecule has 79 valence electrons. The van der Waals surface area contributed by atoms with Crippen LogP contribution in [0.1, 0.15) is 0 Å². The van der Waals surface area contributed by atoms with Gasteiger partial charge < -0.3 is 15.5 Å². The molecule has 0 bridgehead atoms. The monoisotopic (exact) mass is 204 g/mol. The van der Waals surface area contributed by atoms with Crippen LogP contribution in [0.4, 0.5) is 10.5 Å². The summed E-state index contributed by atoms with van der Waals surface area (Å²) >= 11 is 0. The molecule has 4 heteroatoms. The summed E-state index contributed by atoms with van der Waals surface area (Å²) in [6.07, 6.45) is 0. The smallest absolute Gasteiger partial charge is 0.321 e. The van der Waals surface area contributed by atoms with Crippen molar-refractivity contribution in [1.82, 2.24) is 10.2 Å². The first-order chi connectivity index (χ1) is 7.36. The van der Waals surface area contributed by atoms with Crippen molar-refractivity contribution >= 4 is 11.7 Å². The van der Waals surface area contributed by atoms with Gasteiger partial charge in [-0.2, -0.15) is 0 Å². The second-order valence-electron chi connectivity index (χ2n) is 3.44. The Morgan fingerprint density at radius 1 is 1.40 bits per heavy atom. The van der Waals surface area contributed by atoms with Gasteiger partial charge in [0.1, 0.15) is 0 Å². The van der Waals surface area contributed by atoms with E-state index in [2.05, 4.69) is 16.7 Å². The SMILES string of the molecule is O=C(Nc1[c]cccc1)N1CCNCC1. The van der Waals surface area contributed by atoms with Gasteiger partial charge in [0, 0.05) is 32.2 Å². The fourth-order valence-electron chi connectivity index (χ4n) is 1.53. The van der Waals surface area contributed by atoms with Gasteiger partial charge in [0.25, 0.3) is 0 Å². The van der Waals surface area contributed by atoms with Crippen molar-refractivity contribution in [1.29, 1.82) is 0 Å². The summed E-state index contributed by atoms with van der Waals surface area (Å²) in [6.45, 7) is 3.26. The molecule has 1 aromatic carbocycles. The molecule has 1 aromatic rings. The second-order valence-corrected chi connectivity index (χ2v) is 3.44. The van der Waals surface area contributed by atoms with Crippen LogP contribution in [0, 0.1) is 6.07 Å². The highest BCUT2D eigenvalue weighted by Crippen LogP contribution is 2.05. The van der Waals surface area contributed by atoms with Gasteiger partial charge in [0.2, 0.25) is 0 Å². The molecule has 15 heavy (non-hydrogen) atoms. The third-order valence-electron chi connectivity index (χ3n) is 2.35. The molecule has 2 N–H and O–H groups in total. The summed E-state index contributed by atoms with van der Waals surface area (Å²) in [6, 6.07) is 10.3. The van der Waals surface area contributed by atoms with E-state index in [1.54, 1.807) is 11.0 Å². The summed E-state index contributed by atoms with van der Waals surface area (Å²) in [5.74, 6) is 0. The number of amides is 2. The molecule has 2 amide bonds. The molecule has 1 aliphatic heterocycles. The van der Waals surface area contributed by atoms with Crippen molar-refractivity contribution in [3.63, 3.8) is 0 Å². The van der Waals surface area contributed by atoms with E-state index < -0.39 is 0 Å². The average Bonchev–Trinajstić information content (AvgIpc) is 2.31. The summed E-state index contributed by atoms with van der Waals surface area (Å²) in [5.41, 5.74) is 0.723. The van der Waals surface area contributed by atoms with E-state index in [9.17, 15) is 4.79 Å². The maximum Gasteiger partial charge on any atom is 0.321 e. The Balaban J connectivity index is 1.91. The van der Waals surface area contributed by atoms with E-state index in [0.717, 1.165) is 31.9 Å². The van der Waals surface area contributed by atoms with E-state index in [4.69, 9.17) is 0 Å². The van der Waals surface area contributed by atoms with Crippen LogP contribution >= 0.6 is 0 Å². The van der Waals surface area contributed by atoms with Crippen LogP contribution in [-0.4, -0.2) is 37.1 Å². The number of benzene rings is 1. The van der Waals surface area contributed by atoms with E-state index in [1.165, 1.54) is 0 Å². The zero-order valence-electron chi connectivity index (χ0n) is 8.49. The first-order valence-corrected chi connectivity index (χ1v) is 5.09. The Morgan fingerprint density at radius 2 is 2.20 bits per heavy atom. The van der Waals surface area contributed by atoms with Crippen molar-refractivity contribution in [2.75, 3.05) is 31.5 Å². The van der Waals surface area contributed by atoms with Gasteiger partial charge in [-0.3, -0.25) is 0 Å². The normalized spacial score (nSPS) is 16.1. The van der Waals surface area contributed by atoms with Crippen molar-refractivity contribution in [3.05, 3.63) is 30.3 Å². The number of hydrogen-bond donors (Lipinski definition) is 2. The maximum absolute atomic E-state index is 11.7. The molecule has 1 heterocycles. The quantitative estimate of drug-likeness (QED) is 0.714. The highest BCUT2D eigenvalue weighted by atomic mass is 16.2. The first-order valence-electron chi connectivity index (χ1n) is 5.09. The number of nitrogens with zero attached hydrogens (tertiary/aromatic N) is 1. The predicted molar refractivity (Wildman–Crippen MR) is 58.7 cm³/mol. The Morgan fingerprint density at radius 3 is 2.87 bits per heavy atom. The van der Waals surface area contributed by atoms with E-state index in [0.29, 0.717) is 0 Å². The number of piperazine rings is 1. The van der Waals surface area contributed by atoms with Crippen molar-refractivity contribution < 1.29 is 4.79 Å². The molecule has 0 saturated carbocycles. The lowest BCUT2D eigenvalue weighted by molar-refractivity contribution is 0.204. The van der Waals surface area contributed by atoms with E-state index >= 15 is 0 Å². The molecule has 0 atom stereocenters. The summed E-state index contributed by atoms with van der Waals surface area (Å²) in [4.78, 5) is 13.5. The van der Waals surface area contributed by atoms with Crippen molar-refractivity contribution in [2.24, 2.45) is 0 Å². The number of anilines is 1. The van der Waals surface area contributed by atoms with Gasteiger partial charge in [-0.1, -0.05) is 18.2 Å². The molecule has 0 aromatic heterocycles. The third kappa shape index (κ3) is 2.70. The van der Waals surface area contributed by atoms with E-state index in [-0.39, 0.29) is 6.03 Å². The van der Waals surface area contributed by atoms with Crippen LogP contribution in [0.15, 0.2) is 24.3 Å². The molecule has 1 aliphatic rings. The van der Waals surface area contributed by atoms with Gasteiger partial charge in [-0.05, 0) is 6.07 Å². The van der Waals surface area contributed by atoms with Crippen LogP contribution in [0.2, 0.25) is 0 Å². The molecule has 0 unspecified atom stereocenters. The van der Waals surface area contributed by atoms with Crippen molar-refractivity contribution in [2.45, 2.75) is 0 Å². The molecule has 0 spiro atoms. The Bertz CT molecular complexity index is 320. The maximum atomic E-state index is 11.7. The predicted octanol–water partition coefficient (Wildman–Crippen LogP) is 0.924. The van der Waals surface area contributed by atoms with Gasteiger partial charge in [-0.25, -0.2) is 4.79 Å². The van der Waals surface area contributed by atoms with Crippen molar-refractivity contribution in [3.8, 4) is 0 Å². The Kier molecular flexibility index (Phi) is 3.19. The number of carbonyl (C=O) groups is 1. The first kappa shape index (κ1) is 9.98. The minimum Gasteiger partial charge on any atom is -0.322 e. The molecular formula is C11H14N3O. The number of hydrogen-bond acceptors (Lipinski definition) is 2. The summed E-state index contributed by atoms with van der Waals surface area (Å²) in [7, 11) is 0. The topological polar surface area (TPSA) is 44.4 Å². The molecule has 4 nitrogen and oxygen atoms in total. The number of nitrogens with one attached hydrogen (secondary N) is 2. The number of urea groups is 1. The zero-order chi connectivity index (χ0) is 10.5. The summed E-state index contributed by atoms with van der Waals surface area (Å²) in [5, 5.41) is 6.02. The fourth-order valence-corrected chi connectivity index (χ4v) is 1.53. The van der Waals surface area contributed by atoms with Crippen LogP contribution in [0.25, 0.3) is 0 Å². The Labute approximate surface area is 89.3 Å². The van der Waals surface area contributed by atoms with Gasteiger partial charge in [0.05, 0.1) is 5.69 Å².